The molecule has 0 radical (unpaired) electrons. The molecule has 0 amide bonds. The summed E-state index contributed by atoms with van der Waals surface area (Å²) in [4.78, 5) is 11.6. The fourth-order valence-corrected chi connectivity index (χ4v) is 2.65. The van der Waals surface area contributed by atoms with Crippen LogP contribution in [0.3, 0.4) is 0 Å². The van der Waals surface area contributed by atoms with Crippen molar-refractivity contribution < 1.29 is 9.90 Å². The second-order valence-corrected chi connectivity index (χ2v) is 4.61. The number of nitrogens with two attached hydrogens (primary N) is 1. The van der Waals surface area contributed by atoms with Gasteiger partial charge in [-0.3, -0.25) is 4.79 Å². The Morgan fingerprint density at radius 3 is 2.62 bits per heavy atom. The van der Waals surface area contributed by atoms with Gasteiger partial charge in [0.25, 0.3) is 0 Å². The zero-order chi connectivity index (χ0) is 11.6. The van der Waals surface area contributed by atoms with Gasteiger partial charge in [-0.05, 0) is 24.8 Å². The van der Waals surface area contributed by atoms with Crippen LogP contribution in [0.4, 0.5) is 0 Å². The van der Waals surface area contributed by atoms with Crippen molar-refractivity contribution in [2.24, 2.45) is 5.73 Å². The quantitative estimate of drug-likeness (QED) is 0.798. The molecule has 0 aromatic heterocycles. The van der Waals surface area contributed by atoms with E-state index in [4.69, 9.17) is 5.73 Å². The molecule has 1 saturated carbocycles. The molecule has 1 aliphatic rings. The molecule has 0 aliphatic heterocycles. The van der Waals surface area contributed by atoms with Gasteiger partial charge in [0, 0.05) is 6.04 Å². The monoisotopic (exact) mass is 219 g/mol. The first kappa shape index (κ1) is 11.1. The van der Waals surface area contributed by atoms with E-state index in [9.17, 15) is 9.90 Å². The van der Waals surface area contributed by atoms with Gasteiger partial charge in [-0.1, -0.05) is 36.8 Å². The topological polar surface area (TPSA) is 63.3 Å². The molecule has 1 fully saturated rings. The summed E-state index contributed by atoms with van der Waals surface area (Å²) >= 11 is 0. The highest BCUT2D eigenvalue weighted by Gasteiger charge is 2.43. The molecule has 1 aliphatic carbocycles. The van der Waals surface area contributed by atoms with Gasteiger partial charge in [0.15, 0.2) is 0 Å². The summed E-state index contributed by atoms with van der Waals surface area (Å²) in [6.45, 7) is 0. The van der Waals surface area contributed by atoms with Crippen LogP contribution in [0, 0.1) is 0 Å². The number of aliphatic carboxylic acids is 1. The van der Waals surface area contributed by atoms with E-state index in [0.717, 1.165) is 18.4 Å². The van der Waals surface area contributed by atoms with Gasteiger partial charge in [-0.25, -0.2) is 0 Å². The van der Waals surface area contributed by atoms with Crippen molar-refractivity contribution in [3.8, 4) is 0 Å². The lowest BCUT2D eigenvalue weighted by molar-refractivity contribution is -0.145. The summed E-state index contributed by atoms with van der Waals surface area (Å²) in [6.07, 6.45) is 3.07. The van der Waals surface area contributed by atoms with Crippen molar-refractivity contribution in [3.63, 3.8) is 0 Å². The highest BCUT2D eigenvalue weighted by Crippen LogP contribution is 2.39. The molecule has 3 heteroatoms. The van der Waals surface area contributed by atoms with Gasteiger partial charge in [0.2, 0.25) is 0 Å². The molecule has 3 N–H and O–H groups in total. The number of carboxylic acids is 1. The zero-order valence-electron chi connectivity index (χ0n) is 9.23. The fourth-order valence-electron chi connectivity index (χ4n) is 2.65. The number of hydrogen-bond donors (Lipinski definition) is 2. The average Bonchev–Trinajstić information content (AvgIpc) is 2.30. The Balaban J connectivity index is 2.39. The molecule has 0 spiro atoms. The van der Waals surface area contributed by atoms with E-state index in [-0.39, 0.29) is 6.04 Å². The minimum absolute atomic E-state index is 0.00468. The largest absolute Gasteiger partial charge is 0.481 e. The molecule has 2 atom stereocenters. The lowest BCUT2D eigenvalue weighted by Crippen LogP contribution is -2.44. The van der Waals surface area contributed by atoms with Crippen molar-refractivity contribution in [2.75, 3.05) is 0 Å². The predicted molar refractivity (Wildman–Crippen MR) is 62.2 cm³/mol. The third kappa shape index (κ3) is 1.83. The van der Waals surface area contributed by atoms with Gasteiger partial charge < -0.3 is 10.8 Å². The molecule has 2 unspecified atom stereocenters. The van der Waals surface area contributed by atoms with E-state index in [2.05, 4.69) is 0 Å². The SMILES string of the molecule is NC1CCCC(C(=O)O)(c2ccccc2)C1. The summed E-state index contributed by atoms with van der Waals surface area (Å²) < 4.78 is 0. The lowest BCUT2D eigenvalue weighted by atomic mass is 9.68. The maximum absolute atomic E-state index is 11.6. The third-order valence-corrected chi connectivity index (χ3v) is 3.52. The van der Waals surface area contributed by atoms with Gasteiger partial charge in [0.05, 0.1) is 5.41 Å². The minimum atomic E-state index is -0.765. The van der Waals surface area contributed by atoms with Gasteiger partial charge in [0.1, 0.15) is 0 Å². The summed E-state index contributed by atoms with van der Waals surface area (Å²) in [5, 5.41) is 9.50. The van der Waals surface area contributed by atoms with Crippen molar-refractivity contribution >= 4 is 5.97 Å². The van der Waals surface area contributed by atoms with E-state index in [1.54, 1.807) is 0 Å². The first-order valence-electron chi connectivity index (χ1n) is 5.70. The first-order valence-corrected chi connectivity index (χ1v) is 5.70. The van der Waals surface area contributed by atoms with E-state index >= 15 is 0 Å². The second kappa shape index (κ2) is 4.26. The van der Waals surface area contributed by atoms with Crippen LogP contribution in [-0.2, 0) is 10.2 Å². The lowest BCUT2D eigenvalue weighted by Gasteiger charge is -2.36. The predicted octanol–water partition coefficient (Wildman–Crippen LogP) is 1.91. The number of rotatable bonds is 2. The molecule has 16 heavy (non-hydrogen) atoms. The van der Waals surface area contributed by atoms with Crippen LogP contribution in [-0.4, -0.2) is 17.1 Å². The maximum Gasteiger partial charge on any atom is 0.314 e. The van der Waals surface area contributed by atoms with Crippen LogP contribution in [0.15, 0.2) is 30.3 Å². The van der Waals surface area contributed by atoms with E-state index in [0.29, 0.717) is 12.8 Å². The Bertz CT molecular complexity index is 377. The molecule has 3 nitrogen and oxygen atoms in total. The third-order valence-electron chi connectivity index (χ3n) is 3.52. The van der Waals surface area contributed by atoms with E-state index < -0.39 is 11.4 Å². The summed E-state index contributed by atoms with van der Waals surface area (Å²) in [6, 6.07) is 9.48. The molecule has 86 valence electrons. The maximum atomic E-state index is 11.6. The normalized spacial score (nSPS) is 29.9. The van der Waals surface area contributed by atoms with Crippen LogP contribution in [0.2, 0.25) is 0 Å². The van der Waals surface area contributed by atoms with E-state index in [1.807, 2.05) is 30.3 Å². The number of carbonyl (C=O) groups is 1. The van der Waals surface area contributed by atoms with Crippen LogP contribution < -0.4 is 5.73 Å². The van der Waals surface area contributed by atoms with Gasteiger partial charge in [-0.2, -0.15) is 0 Å². The molecule has 2 rings (SSSR count). The van der Waals surface area contributed by atoms with Crippen molar-refractivity contribution in [3.05, 3.63) is 35.9 Å². The van der Waals surface area contributed by atoms with Gasteiger partial charge >= 0.3 is 5.97 Å². The van der Waals surface area contributed by atoms with Gasteiger partial charge in [-0.15, -0.1) is 0 Å². The molecule has 1 aromatic carbocycles. The summed E-state index contributed by atoms with van der Waals surface area (Å²) in [5.74, 6) is -0.742. The Morgan fingerprint density at radius 2 is 2.06 bits per heavy atom. The minimum Gasteiger partial charge on any atom is -0.481 e. The van der Waals surface area contributed by atoms with Crippen molar-refractivity contribution in [1.29, 1.82) is 0 Å². The van der Waals surface area contributed by atoms with E-state index in [1.165, 1.54) is 0 Å². The molecular weight excluding hydrogens is 202 g/mol. The standard InChI is InChI=1S/C13H17NO2/c14-11-7-4-8-13(9-11,12(15)16)10-5-2-1-3-6-10/h1-3,5-6,11H,4,7-9,14H2,(H,15,16). The first-order chi connectivity index (χ1) is 7.65. The second-order valence-electron chi connectivity index (χ2n) is 4.61. The highest BCUT2D eigenvalue weighted by atomic mass is 16.4. The molecule has 0 bridgehead atoms. The Hall–Kier alpha value is -1.35. The Labute approximate surface area is 95.3 Å². The molecule has 0 heterocycles. The number of hydrogen-bond acceptors (Lipinski definition) is 2. The zero-order valence-corrected chi connectivity index (χ0v) is 9.23. The van der Waals surface area contributed by atoms with Crippen LogP contribution >= 0.6 is 0 Å². The summed E-state index contributed by atoms with van der Waals surface area (Å²) in [7, 11) is 0. The smallest absolute Gasteiger partial charge is 0.314 e. The molecular formula is C13H17NO2. The highest BCUT2D eigenvalue weighted by molar-refractivity contribution is 5.81. The Morgan fingerprint density at radius 1 is 1.38 bits per heavy atom. The fraction of sp³-hybridized carbons (Fsp3) is 0.462. The van der Waals surface area contributed by atoms with Crippen molar-refractivity contribution in [1.82, 2.24) is 0 Å². The molecule has 1 aromatic rings. The molecule has 0 saturated heterocycles. The Kier molecular flexibility index (Phi) is 2.97. The average molecular weight is 219 g/mol. The van der Waals surface area contributed by atoms with Crippen LogP contribution in [0.5, 0.6) is 0 Å². The summed E-state index contributed by atoms with van der Waals surface area (Å²) in [5.41, 5.74) is 6.04. The van der Waals surface area contributed by atoms with Crippen LogP contribution in [0.1, 0.15) is 31.2 Å². The number of benzene rings is 1. The van der Waals surface area contributed by atoms with Crippen LogP contribution in [0.25, 0.3) is 0 Å². The van der Waals surface area contributed by atoms with Crippen molar-refractivity contribution in [2.45, 2.75) is 37.1 Å². The number of carboxylic acid groups (broad SMARTS) is 1.